The molecule has 0 aliphatic carbocycles. The Morgan fingerprint density at radius 2 is 0.667 bits per heavy atom. The molecular formula is C36H52. The quantitative estimate of drug-likeness (QED) is 0.188. The molecule has 0 aliphatic rings. The lowest BCUT2D eigenvalue weighted by Crippen LogP contribution is -2.21. The molecule has 0 saturated heterocycles. The van der Waals surface area contributed by atoms with E-state index in [1.807, 2.05) is 0 Å². The van der Waals surface area contributed by atoms with Crippen LogP contribution in [0.15, 0.2) is 91.0 Å². The molecule has 0 aromatic heterocycles. The van der Waals surface area contributed by atoms with Crippen LogP contribution >= 0.6 is 0 Å². The van der Waals surface area contributed by atoms with E-state index in [-0.39, 0.29) is 0 Å². The van der Waals surface area contributed by atoms with Gasteiger partial charge < -0.3 is 0 Å². The first-order valence-corrected chi connectivity index (χ1v) is 14.8. The summed E-state index contributed by atoms with van der Waals surface area (Å²) in [5, 5.41) is 0. The van der Waals surface area contributed by atoms with Crippen molar-refractivity contribution in [3.63, 3.8) is 0 Å². The van der Waals surface area contributed by atoms with E-state index in [1.165, 1.54) is 93.7 Å². The Bertz CT molecular complexity index is 750. The van der Waals surface area contributed by atoms with Crippen molar-refractivity contribution in [1.82, 2.24) is 0 Å². The van der Waals surface area contributed by atoms with Gasteiger partial charge in [-0.1, -0.05) is 170 Å². The lowest BCUT2D eigenvalue weighted by Gasteiger charge is -2.34. The zero-order chi connectivity index (χ0) is 25.9. The molecule has 3 aromatic rings. The van der Waals surface area contributed by atoms with E-state index in [2.05, 4.69) is 119 Å². The van der Waals surface area contributed by atoms with Crippen molar-refractivity contribution in [3.05, 3.63) is 108 Å². The fourth-order valence-corrected chi connectivity index (χ4v) is 5.47. The van der Waals surface area contributed by atoms with Crippen molar-refractivity contribution in [3.8, 4) is 0 Å². The highest BCUT2D eigenvalue weighted by atomic mass is 14.3. The Morgan fingerprint density at radius 3 is 0.889 bits per heavy atom. The van der Waals surface area contributed by atoms with E-state index in [9.17, 15) is 0 Å². The highest BCUT2D eigenvalue weighted by Gasteiger charge is 2.27. The molecule has 3 rings (SSSR count). The zero-order valence-corrected chi connectivity index (χ0v) is 23.7. The van der Waals surface area contributed by atoms with E-state index in [0.29, 0.717) is 11.3 Å². The van der Waals surface area contributed by atoms with Gasteiger partial charge in [0.05, 0.1) is 0 Å². The molecule has 0 heteroatoms. The first kappa shape index (κ1) is 29.9. The third-order valence-corrected chi connectivity index (χ3v) is 7.64. The van der Waals surface area contributed by atoms with E-state index in [0.717, 1.165) is 0 Å². The molecule has 0 heterocycles. The Labute approximate surface area is 223 Å². The molecule has 196 valence electrons. The fourth-order valence-electron chi connectivity index (χ4n) is 5.47. The third-order valence-electron chi connectivity index (χ3n) is 7.64. The van der Waals surface area contributed by atoms with Crippen molar-refractivity contribution >= 4 is 0 Å². The number of benzene rings is 3. The molecular weight excluding hydrogens is 432 g/mol. The van der Waals surface area contributed by atoms with Gasteiger partial charge in [0.2, 0.25) is 0 Å². The standard InChI is InChI=1S/C19H16.C17H36/c1-4-10-16(11-5-1)19(17-12-6-2-7-13-17)18-14-8-3-9-15-18;1-5-9-13-17(14-10-6-2,15-11-7-3)16-12-8-4/h1-15,19H;5-16H2,1-4H3. The maximum Gasteiger partial charge on any atom is 0.0339 e. The van der Waals surface area contributed by atoms with Crippen LogP contribution in [-0.2, 0) is 0 Å². The van der Waals surface area contributed by atoms with Crippen LogP contribution in [0.1, 0.15) is 127 Å². The molecule has 0 bridgehead atoms. The van der Waals surface area contributed by atoms with E-state index < -0.39 is 0 Å². The summed E-state index contributed by atoms with van der Waals surface area (Å²) in [7, 11) is 0. The number of unbranched alkanes of at least 4 members (excludes halogenated alkanes) is 4. The molecule has 36 heavy (non-hydrogen) atoms. The number of rotatable bonds is 15. The second-order valence-electron chi connectivity index (χ2n) is 10.6. The highest BCUT2D eigenvalue weighted by Crippen LogP contribution is 2.41. The first-order valence-electron chi connectivity index (χ1n) is 14.8. The molecule has 0 N–H and O–H groups in total. The molecule has 0 spiro atoms. The predicted molar refractivity (Wildman–Crippen MR) is 161 cm³/mol. The maximum atomic E-state index is 2.34. The van der Waals surface area contributed by atoms with Crippen LogP contribution in [-0.4, -0.2) is 0 Å². The Kier molecular flexibility index (Phi) is 14.9. The molecule has 3 aromatic carbocycles. The monoisotopic (exact) mass is 484 g/mol. The van der Waals surface area contributed by atoms with Crippen molar-refractivity contribution in [1.29, 1.82) is 0 Å². The van der Waals surface area contributed by atoms with Crippen molar-refractivity contribution < 1.29 is 0 Å². The van der Waals surface area contributed by atoms with Crippen molar-refractivity contribution in [2.24, 2.45) is 5.41 Å². The summed E-state index contributed by atoms with van der Waals surface area (Å²) >= 11 is 0. The van der Waals surface area contributed by atoms with Gasteiger partial charge in [-0.2, -0.15) is 0 Å². The summed E-state index contributed by atoms with van der Waals surface area (Å²) in [6.07, 6.45) is 17.2. The molecule has 0 aliphatic heterocycles. The largest absolute Gasteiger partial charge is 0.0654 e. The molecule has 0 nitrogen and oxygen atoms in total. The second kappa shape index (κ2) is 18.0. The van der Waals surface area contributed by atoms with Crippen LogP contribution in [0, 0.1) is 5.41 Å². The minimum atomic E-state index is 0.309. The van der Waals surface area contributed by atoms with Crippen LogP contribution in [0.25, 0.3) is 0 Å². The SMILES string of the molecule is CCCCC(CCCC)(CCCC)CCCC.c1ccc(C(c2ccccc2)c2ccccc2)cc1. The Balaban J connectivity index is 0.000000256. The molecule has 0 unspecified atom stereocenters. The van der Waals surface area contributed by atoms with Crippen LogP contribution in [0.3, 0.4) is 0 Å². The number of hydrogen-bond donors (Lipinski definition) is 0. The summed E-state index contributed by atoms with van der Waals surface area (Å²) in [6.45, 7) is 9.35. The highest BCUT2D eigenvalue weighted by molar-refractivity contribution is 5.42. The van der Waals surface area contributed by atoms with Crippen molar-refractivity contribution in [2.45, 2.75) is 111 Å². The maximum absolute atomic E-state index is 2.34. The smallest absolute Gasteiger partial charge is 0.0339 e. The fraction of sp³-hybridized carbons (Fsp3) is 0.500. The molecule has 0 saturated carbocycles. The van der Waals surface area contributed by atoms with Crippen LogP contribution in [0.4, 0.5) is 0 Å². The average Bonchev–Trinajstić information content (AvgIpc) is 2.94. The van der Waals surface area contributed by atoms with Gasteiger partial charge in [0.1, 0.15) is 0 Å². The Morgan fingerprint density at radius 1 is 0.417 bits per heavy atom. The normalized spacial score (nSPS) is 11.2. The van der Waals surface area contributed by atoms with Crippen LogP contribution in [0.5, 0.6) is 0 Å². The predicted octanol–water partition coefficient (Wildman–Crippen LogP) is 11.6. The minimum Gasteiger partial charge on any atom is -0.0654 e. The van der Waals surface area contributed by atoms with Crippen molar-refractivity contribution in [2.75, 3.05) is 0 Å². The van der Waals surface area contributed by atoms with Gasteiger partial charge in [-0.25, -0.2) is 0 Å². The topological polar surface area (TPSA) is 0 Å². The Hall–Kier alpha value is -2.34. The lowest BCUT2D eigenvalue weighted by atomic mass is 9.71. The van der Waals surface area contributed by atoms with Gasteiger partial charge in [0, 0.05) is 5.92 Å². The lowest BCUT2D eigenvalue weighted by molar-refractivity contribution is 0.177. The number of hydrogen-bond acceptors (Lipinski definition) is 0. The summed E-state index contributed by atoms with van der Waals surface area (Å²) < 4.78 is 0. The van der Waals surface area contributed by atoms with E-state index in [1.54, 1.807) is 0 Å². The average molecular weight is 485 g/mol. The molecule has 0 amide bonds. The zero-order valence-electron chi connectivity index (χ0n) is 23.7. The van der Waals surface area contributed by atoms with E-state index >= 15 is 0 Å². The van der Waals surface area contributed by atoms with Gasteiger partial charge in [-0.15, -0.1) is 0 Å². The molecule has 0 fully saturated rings. The summed E-state index contributed by atoms with van der Waals surface area (Å²) in [5.41, 5.74) is 4.71. The first-order chi connectivity index (χ1) is 17.7. The van der Waals surface area contributed by atoms with Gasteiger partial charge in [-0.3, -0.25) is 0 Å². The van der Waals surface area contributed by atoms with Gasteiger partial charge in [0.15, 0.2) is 0 Å². The molecule has 0 radical (unpaired) electrons. The third kappa shape index (κ3) is 10.3. The van der Waals surface area contributed by atoms with E-state index in [4.69, 9.17) is 0 Å². The van der Waals surface area contributed by atoms with Gasteiger partial charge >= 0.3 is 0 Å². The van der Waals surface area contributed by atoms with Gasteiger partial charge in [-0.05, 0) is 47.8 Å². The minimum absolute atomic E-state index is 0.309. The second-order valence-corrected chi connectivity index (χ2v) is 10.6. The van der Waals surface area contributed by atoms with Crippen LogP contribution < -0.4 is 0 Å². The van der Waals surface area contributed by atoms with Gasteiger partial charge in [0.25, 0.3) is 0 Å². The summed E-state index contributed by atoms with van der Waals surface area (Å²) in [5.74, 6) is 0.309. The summed E-state index contributed by atoms with van der Waals surface area (Å²) in [6, 6.07) is 32.0. The molecule has 0 atom stereocenters. The van der Waals surface area contributed by atoms with Crippen LogP contribution in [0.2, 0.25) is 0 Å². The summed E-state index contributed by atoms with van der Waals surface area (Å²) in [4.78, 5) is 0.